The smallest absolute Gasteiger partial charge is 0.0138 e. The first-order valence-corrected chi connectivity index (χ1v) is 9.26. The number of fused-ring (bicyclic) bond motifs is 5. The van der Waals surface area contributed by atoms with Gasteiger partial charge < -0.3 is 10.2 Å². The SMILES string of the molecule is CCCN1CCC(C(C)NC2C3C4CCC(C4)C23)CC1. The Morgan fingerprint density at radius 2 is 1.70 bits per heavy atom. The Bertz CT molecular complexity index is 331. The molecule has 2 bridgehead atoms. The summed E-state index contributed by atoms with van der Waals surface area (Å²) in [6, 6.07) is 1.68. The molecule has 2 heteroatoms. The van der Waals surface area contributed by atoms with Gasteiger partial charge in [-0.15, -0.1) is 0 Å². The molecule has 4 fully saturated rings. The third kappa shape index (κ3) is 2.23. The average molecular weight is 276 g/mol. The minimum absolute atomic E-state index is 0.758. The minimum atomic E-state index is 0.758. The highest BCUT2D eigenvalue weighted by Gasteiger charge is 2.64. The quantitative estimate of drug-likeness (QED) is 0.830. The Hall–Kier alpha value is -0.0800. The van der Waals surface area contributed by atoms with Crippen molar-refractivity contribution < 1.29 is 0 Å². The van der Waals surface area contributed by atoms with Gasteiger partial charge in [0.15, 0.2) is 0 Å². The molecule has 1 aliphatic heterocycles. The number of hydrogen-bond acceptors (Lipinski definition) is 2. The van der Waals surface area contributed by atoms with Gasteiger partial charge in [-0.2, -0.15) is 0 Å². The lowest BCUT2D eigenvalue weighted by Gasteiger charge is -2.35. The normalized spacial score (nSPS) is 45.6. The van der Waals surface area contributed by atoms with Crippen LogP contribution in [0.2, 0.25) is 0 Å². The van der Waals surface area contributed by atoms with Crippen molar-refractivity contribution in [2.45, 2.75) is 64.5 Å². The molecule has 0 amide bonds. The predicted octanol–water partition coefficient (Wildman–Crippen LogP) is 3.13. The van der Waals surface area contributed by atoms with Crippen LogP contribution in [-0.2, 0) is 0 Å². The van der Waals surface area contributed by atoms with Crippen molar-refractivity contribution in [3.8, 4) is 0 Å². The number of likely N-dealkylation sites (tertiary alicyclic amines) is 1. The van der Waals surface area contributed by atoms with Gasteiger partial charge in [-0.25, -0.2) is 0 Å². The maximum absolute atomic E-state index is 4.05. The van der Waals surface area contributed by atoms with Gasteiger partial charge >= 0.3 is 0 Å². The van der Waals surface area contributed by atoms with E-state index in [4.69, 9.17) is 0 Å². The molecule has 5 unspecified atom stereocenters. The van der Waals surface area contributed by atoms with E-state index in [9.17, 15) is 0 Å². The molecule has 0 aromatic rings. The largest absolute Gasteiger partial charge is 0.311 e. The molecule has 0 aromatic heterocycles. The number of nitrogens with one attached hydrogen (secondary N) is 1. The summed E-state index contributed by atoms with van der Waals surface area (Å²) in [5.41, 5.74) is 0. The fraction of sp³-hybridized carbons (Fsp3) is 1.00. The minimum Gasteiger partial charge on any atom is -0.311 e. The number of piperidine rings is 1. The summed E-state index contributed by atoms with van der Waals surface area (Å²) < 4.78 is 0. The third-order valence-corrected chi connectivity index (χ3v) is 7.07. The van der Waals surface area contributed by atoms with E-state index in [1.165, 1.54) is 38.9 Å². The molecule has 114 valence electrons. The molecule has 3 aliphatic carbocycles. The Balaban J connectivity index is 1.25. The van der Waals surface area contributed by atoms with Gasteiger partial charge in [0.25, 0.3) is 0 Å². The second-order valence-corrected chi connectivity index (χ2v) is 8.15. The van der Waals surface area contributed by atoms with Crippen LogP contribution in [0.3, 0.4) is 0 Å². The lowest BCUT2D eigenvalue weighted by atomic mass is 9.90. The Labute approximate surface area is 124 Å². The molecule has 0 radical (unpaired) electrons. The fourth-order valence-corrected chi connectivity index (χ4v) is 5.98. The predicted molar refractivity (Wildman–Crippen MR) is 83.7 cm³/mol. The van der Waals surface area contributed by atoms with Crippen LogP contribution in [0, 0.1) is 29.6 Å². The summed E-state index contributed by atoms with van der Waals surface area (Å²) in [7, 11) is 0. The zero-order chi connectivity index (χ0) is 13.7. The molecule has 4 aliphatic rings. The van der Waals surface area contributed by atoms with Gasteiger partial charge in [-0.1, -0.05) is 6.92 Å². The van der Waals surface area contributed by atoms with Gasteiger partial charge in [-0.3, -0.25) is 0 Å². The molecule has 3 saturated carbocycles. The van der Waals surface area contributed by atoms with Gasteiger partial charge in [0.1, 0.15) is 0 Å². The van der Waals surface area contributed by atoms with E-state index in [-0.39, 0.29) is 0 Å². The lowest BCUT2D eigenvalue weighted by Crippen LogP contribution is -2.43. The number of hydrogen-bond donors (Lipinski definition) is 1. The maximum atomic E-state index is 4.05. The Kier molecular flexibility index (Phi) is 3.58. The molecule has 4 rings (SSSR count). The van der Waals surface area contributed by atoms with E-state index in [1.54, 1.807) is 19.3 Å². The molecule has 0 aromatic carbocycles. The highest BCUT2D eigenvalue weighted by Crippen LogP contribution is 2.65. The van der Waals surface area contributed by atoms with Crippen molar-refractivity contribution in [2.24, 2.45) is 29.6 Å². The summed E-state index contributed by atoms with van der Waals surface area (Å²) in [4.78, 5) is 2.66. The van der Waals surface area contributed by atoms with Gasteiger partial charge in [0.2, 0.25) is 0 Å². The van der Waals surface area contributed by atoms with Crippen LogP contribution in [0.5, 0.6) is 0 Å². The van der Waals surface area contributed by atoms with Gasteiger partial charge in [-0.05, 0) is 94.7 Å². The van der Waals surface area contributed by atoms with Crippen LogP contribution in [0.1, 0.15) is 52.4 Å². The molecule has 5 atom stereocenters. The highest BCUT2D eigenvalue weighted by atomic mass is 15.1. The topological polar surface area (TPSA) is 15.3 Å². The molecular formula is C18H32N2. The van der Waals surface area contributed by atoms with Crippen molar-refractivity contribution in [1.82, 2.24) is 10.2 Å². The summed E-state index contributed by atoms with van der Waals surface area (Å²) in [6.07, 6.45) is 8.83. The fourth-order valence-electron chi connectivity index (χ4n) is 5.98. The van der Waals surface area contributed by atoms with Crippen LogP contribution >= 0.6 is 0 Å². The zero-order valence-corrected chi connectivity index (χ0v) is 13.4. The van der Waals surface area contributed by atoms with E-state index in [0.29, 0.717) is 0 Å². The van der Waals surface area contributed by atoms with Crippen molar-refractivity contribution >= 4 is 0 Å². The summed E-state index contributed by atoms with van der Waals surface area (Å²) in [5.74, 6) is 5.34. The van der Waals surface area contributed by atoms with E-state index in [0.717, 1.165) is 41.7 Å². The molecule has 0 spiro atoms. The molecule has 1 N–H and O–H groups in total. The Morgan fingerprint density at radius 3 is 2.30 bits per heavy atom. The lowest BCUT2D eigenvalue weighted by molar-refractivity contribution is 0.160. The van der Waals surface area contributed by atoms with E-state index >= 15 is 0 Å². The second-order valence-electron chi connectivity index (χ2n) is 8.15. The van der Waals surface area contributed by atoms with Crippen LogP contribution in [0.25, 0.3) is 0 Å². The van der Waals surface area contributed by atoms with Gasteiger partial charge in [0.05, 0.1) is 0 Å². The summed E-state index contributed by atoms with van der Waals surface area (Å²) in [5, 5.41) is 4.05. The van der Waals surface area contributed by atoms with E-state index in [2.05, 4.69) is 24.1 Å². The van der Waals surface area contributed by atoms with Crippen LogP contribution in [0.15, 0.2) is 0 Å². The maximum Gasteiger partial charge on any atom is 0.0138 e. The molecule has 20 heavy (non-hydrogen) atoms. The standard InChI is InChI=1S/C18H32N2/c1-3-8-20-9-6-13(7-10-20)12(2)19-18-16-14-4-5-15(11-14)17(16)18/h12-19H,3-11H2,1-2H3. The summed E-state index contributed by atoms with van der Waals surface area (Å²) >= 11 is 0. The molecule has 1 heterocycles. The monoisotopic (exact) mass is 276 g/mol. The third-order valence-electron chi connectivity index (χ3n) is 7.07. The van der Waals surface area contributed by atoms with Crippen molar-refractivity contribution in [3.05, 3.63) is 0 Å². The average Bonchev–Trinajstić information content (AvgIpc) is 2.85. The molecule has 2 nitrogen and oxygen atoms in total. The number of nitrogens with zero attached hydrogens (tertiary/aromatic N) is 1. The number of rotatable bonds is 5. The van der Waals surface area contributed by atoms with Gasteiger partial charge in [0, 0.05) is 12.1 Å². The molecule has 1 saturated heterocycles. The second kappa shape index (κ2) is 5.28. The zero-order valence-electron chi connectivity index (χ0n) is 13.4. The van der Waals surface area contributed by atoms with Crippen LogP contribution in [0.4, 0.5) is 0 Å². The summed E-state index contributed by atoms with van der Waals surface area (Å²) in [6.45, 7) is 8.76. The van der Waals surface area contributed by atoms with E-state index < -0.39 is 0 Å². The van der Waals surface area contributed by atoms with Crippen molar-refractivity contribution in [2.75, 3.05) is 19.6 Å². The first kappa shape index (κ1) is 13.6. The molecular weight excluding hydrogens is 244 g/mol. The van der Waals surface area contributed by atoms with Crippen LogP contribution < -0.4 is 5.32 Å². The highest BCUT2D eigenvalue weighted by molar-refractivity contribution is 5.17. The van der Waals surface area contributed by atoms with Crippen molar-refractivity contribution in [3.63, 3.8) is 0 Å². The van der Waals surface area contributed by atoms with Crippen molar-refractivity contribution in [1.29, 1.82) is 0 Å². The Morgan fingerprint density at radius 1 is 1.05 bits per heavy atom. The first-order chi connectivity index (χ1) is 9.78. The van der Waals surface area contributed by atoms with Crippen LogP contribution in [-0.4, -0.2) is 36.6 Å². The van der Waals surface area contributed by atoms with E-state index in [1.807, 2.05) is 0 Å². The first-order valence-electron chi connectivity index (χ1n) is 9.26.